The summed E-state index contributed by atoms with van der Waals surface area (Å²) in [6.45, 7) is 7.79. The van der Waals surface area contributed by atoms with E-state index in [0.717, 1.165) is 16.9 Å². The van der Waals surface area contributed by atoms with E-state index in [1.165, 1.54) is 0 Å². The molecule has 1 aliphatic rings. The lowest BCUT2D eigenvalue weighted by Crippen LogP contribution is -2.32. The molecule has 1 aliphatic heterocycles. The van der Waals surface area contributed by atoms with Crippen molar-refractivity contribution in [3.05, 3.63) is 24.3 Å². The molecule has 2 aromatic heterocycles. The highest BCUT2D eigenvalue weighted by molar-refractivity contribution is 5.75. The summed E-state index contributed by atoms with van der Waals surface area (Å²) in [6.07, 6.45) is 3.61. The third-order valence-electron chi connectivity index (χ3n) is 3.61. The van der Waals surface area contributed by atoms with E-state index >= 15 is 0 Å². The number of hydrogen-bond acceptors (Lipinski definition) is 4. The Labute approximate surface area is 112 Å². The van der Waals surface area contributed by atoms with Crippen LogP contribution >= 0.6 is 0 Å². The summed E-state index contributed by atoms with van der Waals surface area (Å²) in [5.41, 5.74) is 8.13. The van der Waals surface area contributed by atoms with E-state index in [2.05, 4.69) is 30.3 Å². The van der Waals surface area contributed by atoms with E-state index in [9.17, 15) is 0 Å². The highest BCUT2D eigenvalue weighted by atomic mass is 16.5. The molecule has 2 unspecified atom stereocenters. The van der Waals surface area contributed by atoms with Crippen molar-refractivity contribution in [2.24, 2.45) is 5.73 Å². The summed E-state index contributed by atoms with van der Waals surface area (Å²) in [4.78, 5) is 8.91. The highest BCUT2D eigenvalue weighted by Crippen LogP contribution is 2.32. The lowest BCUT2D eigenvalue weighted by atomic mass is 10.0. The average molecular weight is 260 g/mol. The number of aromatic nitrogens is 3. The molecule has 5 heteroatoms. The third-order valence-corrected chi connectivity index (χ3v) is 3.61. The number of nitrogens with zero attached hydrogens (tertiary/aromatic N) is 3. The quantitative estimate of drug-likeness (QED) is 0.846. The van der Waals surface area contributed by atoms with Crippen molar-refractivity contribution in [3.8, 4) is 0 Å². The SMILES string of the molecule is CC(C)(C)n1c(C2COCC2N)nc2cnccc21. The Hall–Kier alpha value is -1.46. The van der Waals surface area contributed by atoms with Gasteiger partial charge in [0.15, 0.2) is 0 Å². The fourth-order valence-electron chi connectivity index (χ4n) is 2.74. The Bertz CT molecular complexity index is 599. The molecule has 0 radical (unpaired) electrons. The number of ether oxygens (including phenoxy) is 1. The fraction of sp³-hybridized carbons (Fsp3) is 0.571. The molecule has 3 heterocycles. The maximum absolute atomic E-state index is 6.15. The van der Waals surface area contributed by atoms with Gasteiger partial charge in [-0.15, -0.1) is 0 Å². The predicted octanol–water partition coefficient (Wildman–Crippen LogP) is 1.63. The lowest BCUT2D eigenvalue weighted by molar-refractivity contribution is 0.189. The van der Waals surface area contributed by atoms with Crippen LogP contribution in [0.15, 0.2) is 18.5 Å². The molecule has 0 bridgehead atoms. The van der Waals surface area contributed by atoms with E-state index in [-0.39, 0.29) is 17.5 Å². The molecule has 3 rings (SSSR count). The standard InChI is InChI=1S/C14H20N4O/c1-14(2,3)18-12-4-5-16-6-11(12)17-13(18)9-7-19-8-10(9)15/h4-6,9-10H,7-8,15H2,1-3H3. The van der Waals surface area contributed by atoms with Crippen LogP contribution in [0.4, 0.5) is 0 Å². The van der Waals surface area contributed by atoms with Crippen molar-refractivity contribution in [1.29, 1.82) is 0 Å². The highest BCUT2D eigenvalue weighted by Gasteiger charge is 2.33. The minimum atomic E-state index is -0.0479. The zero-order valence-corrected chi connectivity index (χ0v) is 11.6. The van der Waals surface area contributed by atoms with Crippen molar-refractivity contribution >= 4 is 11.0 Å². The van der Waals surface area contributed by atoms with Crippen molar-refractivity contribution in [1.82, 2.24) is 14.5 Å². The second-order valence-electron chi connectivity index (χ2n) is 6.15. The number of rotatable bonds is 1. The fourth-order valence-corrected chi connectivity index (χ4v) is 2.74. The maximum atomic E-state index is 6.15. The van der Waals surface area contributed by atoms with E-state index in [4.69, 9.17) is 15.5 Å². The molecule has 0 aromatic carbocycles. The Morgan fingerprint density at radius 1 is 1.37 bits per heavy atom. The van der Waals surface area contributed by atoms with Crippen LogP contribution in [-0.4, -0.2) is 33.8 Å². The van der Waals surface area contributed by atoms with Crippen LogP contribution in [0, 0.1) is 0 Å². The summed E-state index contributed by atoms with van der Waals surface area (Å²) in [7, 11) is 0. The third kappa shape index (κ3) is 2.03. The summed E-state index contributed by atoms with van der Waals surface area (Å²) >= 11 is 0. The van der Waals surface area contributed by atoms with Crippen LogP contribution in [0.3, 0.4) is 0 Å². The molecule has 2 N–H and O–H groups in total. The van der Waals surface area contributed by atoms with E-state index < -0.39 is 0 Å². The van der Waals surface area contributed by atoms with Crippen LogP contribution in [0.25, 0.3) is 11.0 Å². The van der Waals surface area contributed by atoms with Crippen molar-refractivity contribution in [3.63, 3.8) is 0 Å². The summed E-state index contributed by atoms with van der Waals surface area (Å²) in [5, 5.41) is 0. The van der Waals surface area contributed by atoms with Crippen LogP contribution in [0.1, 0.15) is 32.5 Å². The molecule has 0 saturated carbocycles. The first-order chi connectivity index (χ1) is 8.98. The van der Waals surface area contributed by atoms with Gasteiger partial charge in [0.2, 0.25) is 0 Å². The zero-order valence-electron chi connectivity index (χ0n) is 11.6. The van der Waals surface area contributed by atoms with Gasteiger partial charge in [-0.25, -0.2) is 4.98 Å². The van der Waals surface area contributed by atoms with E-state index in [0.29, 0.717) is 13.2 Å². The number of fused-ring (bicyclic) bond motifs is 1. The molecule has 2 aromatic rings. The van der Waals surface area contributed by atoms with Crippen LogP contribution in [0.5, 0.6) is 0 Å². The number of nitrogens with two attached hydrogens (primary N) is 1. The van der Waals surface area contributed by atoms with Gasteiger partial charge in [-0.3, -0.25) is 4.98 Å². The average Bonchev–Trinajstić information content (AvgIpc) is 2.90. The second-order valence-corrected chi connectivity index (χ2v) is 6.15. The zero-order chi connectivity index (χ0) is 13.6. The number of imidazole rings is 1. The molecule has 0 aliphatic carbocycles. The van der Waals surface area contributed by atoms with E-state index in [1.807, 2.05) is 12.3 Å². The number of hydrogen-bond donors (Lipinski definition) is 1. The molecular formula is C14H20N4O. The van der Waals surface area contributed by atoms with Gasteiger partial charge >= 0.3 is 0 Å². The van der Waals surface area contributed by atoms with Crippen molar-refractivity contribution in [2.45, 2.75) is 38.3 Å². The molecule has 5 nitrogen and oxygen atoms in total. The predicted molar refractivity (Wildman–Crippen MR) is 74.1 cm³/mol. The van der Waals surface area contributed by atoms with Gasteiger partial charge in [0.1, 0.15) is 11.3 Å². The molecule has 102 valence electrons. The molecule has 1 fully saturated rings. The smallest absolute Gasteiger partial charge is 0.117 e. The van der Waals surface area contributed by atoms with Gasteiger partial charge < -0.3 is 15.0 Å². The molecule has 19 heavy (non-hydrogen) atoms. The molecular weight excluding hydrogens is 240 g/mol. The van der Waals surface area contributed by atoms with Crippen LogP contribution < -0.4 is 5.73 Å². The summed E-state index contributed by atoms with van der Waals surface area (Å²) in [5.74, 6) is 1.17. The van der Waals surface area contributed by atoms with Gasteiger partial charge in [-0.1, -0.05) is 0 Å². The maximum Gasteiger partial charge on any atom is 0.117 e. The lowest BCUT2D eigenvalue weighted by Gasteiger charge is -2.27. The van der Waals surface area contributed by atoms with E-state index in [1.54, 1.807) is 6.20 Å². The Morgan fingerprint density at radius 3 is 2.79 bits per heavy atom. The molecule has 0 spiro atoms. The summed E-state index contributed by atoms with van der Waals surface area (Å²) < 4.78 is 7.76. The topological polar surface area (TPSA) is 66.0 Å². The molecule has 1 saturated heterocycles. The normalized spacial score (nSPS) is 24.2. The number of pyridine rings is 1. The van der Waals surface area contributed by atoms with Gasteiger partial charge in [-0.2, -0.15) is 0 Å². The largest absolute Gasteiger partial charge is 0.379 e. The van der Waals surface area contributed by atoms with Gasteiger partial charge in [0.25, 0.3) is 0 Å². The summed E-state index contributed by atoms with van der Waals surface area (Å²) in [6, 6.07) is 2.03. The van der Waals surface area contributed by atoms with Crippen LogP contribution in [0.2, 0.25) is 0 Å². The first kappa shape index (κ1) is 12.6. The first-order valence-electron chi connectivity index (χ1n) is 6.64. The monoisotopic (exact) mass is 260 g/mol. The van der Waals surface area contributed by atoms with Gasteiger partial charge in [0, 0.05) is 17.8 Å². The Balaban J connectivity index is 2.23. The minimum Gasteiger partial charge on any atom is -0.379 e. The minimum absolute atomic E-state index is 0.0193. The molecule has 0 amide bonds. The van der Waals surface area contributed by atoms with Crippen molar-refractivity contribution in [2.75, 3.05) is 13.2 Å². The van der Waals surface area contributed by atoms with Crippen molar-refractivity contribution < 1.29 is 4.74 Å². The Kier molecular flexibility index (Phi) is 2.83. The van der Waals surface area contributed by atoms with Crippen LogP contribution in [-0.2, 0) is 10.3 Å². The second kappa shape index (κ2) is 4.28. The first-order valence-corrected chi connectivity index (χ1v) is 6.64. The van der Waals surface area contributed by atoms with Gasteiger partial charge in [0.05, 0.1) is 30.8 Å². The molecule has 2 atom stereocenters. The van der Waals surface area contributed by atoms with Gasteiger partial charge in [-0.05, 0) is 26.8 Å². The Morgan fingerprint density at radius 2 is 2.16 bits per heavy atom.